The van der Waals surface area contributed by atoms with Crippen LogP contribution in [0.5, 0.6) is 0 Å². The Kier molecular flexibility index (Phi) is 7.11. The van der Waals surface area contributed by atoms with E-state index in [1.54, 1.807) is 0 Å². The topological polar surface area (TPSA) is 53.3 Å². The predicted octanol–water partition coefficient (Wildman–Crippen LogP) is 2.62. The zero-order chi connectivity index (χ0) is 17.7. The lowest BCUT2D eigenvalue weighted by Gasteiger charge is -2.39. The highest BCUT2D eigenvalue weighted by Gasteiger charge is 2.36. The third-order valence-electron chi connectivity index (χ3n) is 5.31. The molecule has 0 radical (unpaired) electrons. The third-order valence-corrected chi connectivity index (χ3v) is 5.68. The number of likely N-dealkylation sites (N-methyl/N-ethyl adjacent to an activating group) is 1. The summed E-state index contributed by atoms with van der Waals surface area (Å²) >= 11 is 4.67. The van der Waals surface area contributed by atoms with E-state index >= 15 is 0 Å². The standard InChI is InChI=1S/C19H34N4S/c1-13(11-21-4)22-19(16-8-6-5-7-9-16)15(3)23-12-17(24)10-18(23)14(2)20/h16-19,21-22,24H,1-3,5-12,20H2,4H3. The van der Waals surface area contributed by atoms with Gasteiger partial charge < -0.3 is 21.3 Å². The lowest BCUT2D eigenvalue weighted by Crippen LogP contribution is -2.46. The maximum Gasteiger partial charge on any atom is 0.0689 e. The van der Waals surface area contributed by atoms with Gasteiger partial charge in [-0.15, -0.1) is 0 Å². The zero-order valence-electron chi connectivity index (χ0n) is 15.1. The molecule has 136 valence electrons. The maximum atomic E-state index is 6.06. The minimum atomic E-state index is 0.144. The molecule has 2 aliphatic rings. The molecule has 3 atom stereocenters. The van der Waals surface area contributed by atoms with Gasteiger partial charge in [0.05, 0.1) is 12.1 Å². The summed E-state index contributed by atoms with van der Waals surface area (Å²) in [6.07, 6.45) is 7.38. The van der Waals surface area contributed by atoms with Crippen LogP contribution in [0.4, 0.5) is 0 Å². The number of hydrogen-bond donors (Lipinski definition) is 4. The number of nitrogens with two attached hydrogens (primary N) is 1. The van der Waals surface area contributed by atoms with Gasteiger partial charge in [0.1, 0.15) is 0 Å². The molecule has 0 bridgehead atoms. The molecule has 4 nitrogen and oxygen atoms in total. The SMILES string of the molecule is C=C(CNC)NC(C(=C)N1CC(S)CC1C(=C)N)C1CCCCC1. The minimum absolute atomic E-state index is 0.144. The van der Waals surface area contributed by atoms with E-state index in [2.05, 4.69) is 47.9 Å². The number of hydrogen-bond acceptors (Lipinski definition) is 5. The fraction of sp³-hybridized carbons (Fsp3) is 0.684. The molecular formula is C19H34N4S. The van der Waals surface area contributed by atoms with Gasteiger partial charge in [-0.3, -0.25) is 0 Å². The number of nitrogens with one attached hydrogen (secondary N) is 2. The summed E-state index contributed by atoms with van der Waals surface area (Å²) in [6.45, 7) is 14.3. The average Bonchev–Trinajstić information content (AvgIpc) is 2.95. The van der Waals surface area contributed by atoms with Crippen LogP contribution in [0.15, 0.2) is 36.8 Å². The Labute approximate surface area is 153 Å². The highest BCUT2D eigenvalue weighted by molar-refractivity contribution is 7.81. The Morgan fingerprint density at radius 2 is 1.92 bits per heavy atom. The van der Waals surface area contributed by atoms with Crippen LogP contribution in [0, 0.1) is 5.92 Å². The first kappa shape index (κ1) is 19.3. The van der Waals surface area contributed by atoms with Crippen molar-refractivity contribution in [2.75, 3.05) is 20.1 Å². The van der Waals surface area contributed by atoms with E-state index in [1.165, 1.54) is 32.1 Å². The second-order valence-corrected chi connectivity index (χ2v) is 8.01. The third kappa shape index (κ3) is 4.73. The highest BCUT2D eigenvalue weighted by atomic mass is 32.1. The maximum absolute atomic E-state index is 6.06. The number of likely N-dealkylation sites (tertiary alicyclic amines) is 1. The van der Waals surface area contributed by atoms with E-state index < -0.39 is 0 Å². The van der Waals surface area contributed by atoms with Crippen LogP contribution in [0.1, 0.15) is 38.5 Å². The van der Waals surface area contributed by atoms with Crippen molar-refractivity contribution in [2.24, 2.45) is 11.7 Å². The fourth-order valence-corrected chi connectivity index (χ4v) is 4.46. The largest absolute Gasteiger partial charge is 0.401 e. The fourth-order valence-electron chi connectivity index (χ4n) is 4.09. The van der Waals surface area contributed by atoms with Gasteiger partial charge in [-0.2, -0.15) is 12.6 Å². The summed E-state index contributed by atoms with van der Waals surface area (Å²) < 4.78 is 0. The number of nitrogens with zero attached hydrogens (tertiary/aromatic N) is 1. The van der Waals surface area contributed by atoms with E-state index in [4.69, 9.17) is 5.73 Å². The van der Waals surface area contributed by atoms with Gasteiger partial charge in [-0.05, 0) is 32.2 Å². The lowest BCUT2D eigenvalue weighted by atomic mass is 9.82. The van der Waals surface area contributed by atoms with Crippen LogP contribution in [0.2, 0.25) is 0 Å². The molecule has 0 amide bonds. The van der Waals surface area contributed by atoms with Crippen molar-refractivity contribution < 1.29 is 0 Å². The van der Waals surface area contributed by atoms with Crippen molar-refractivity contribution in [1.29, 1.82) is 0 Å². The molecule has 1 heterocycles. The predicted molar refractivity (Wildman–Crippen MR) is 107 cm³/mol. The van der Waals surface area contributed by atoms with Gasteiger partial charge in [0.15, 0.2) is 0 Å². The molecule has 3 unspecified atom stereocenters. The van der Waals surface area contributed by atoms with E-state index in [-0.39, 0.29) is 12.1 Å². The Bertz CT molecular complexity index is 470. The molecule has 5 heteroatoms. The molecule has 2 rings (SSSR count). The first-order valence-electron chi connectivity index (χ1n) is 9.10. The molecular weight excluding hydrogens is 316 g/mol. The average molecular weight is 351 g/mol. The molecule has 1 saturated heterocycles. The van der Waals surface area contributed by atoms with Gasteiger partial charge >= 0.3 is 0 Å². The van der Waals surface area contributed by atoms with Gasteiger partial charge in [0, 0.05) is 35.4 Å². The molecule has 1 aliphatic carbocycles. The van der Waals surface area contributed by atoms with Crippen LogP contribution in [-0.2, 0) is 0 Å². The minimum Gasteiger partial charge on any atom is -0.401 e. The molecule has 0 aromatic carbocycles. The Hall–Kier alpha value is -1.07. The zero-order valence-corrected chi connectivity index (χ0v) is 16.0. The summed E-state index contributed by atoms with van der Waals surface area (Å²) in [6, 6.07) is 0.358. The van der Waals surface area contributed by atoms with Crippen LogP contribution in [0.25, 0.3) is 0 Å². The van der Waals surface area contributed by atoms with E-state index in [0.29, 0.717) is 16.9 Å². The van der Waals surface area contributed by atoms with Crippen molar-refractivity contribution in [3.63, 3.8) is 0 Å². The van der Waals surface area contributed by atoms with Crippen LogP contribution in [-0.4, -0.2) is 42.4 Å². The smallest absolute Gasteiger partial charge is 0.0689 e. The molecule has 0 aromatic rings. The van der Waals surface area contributed by atoms with Gasteiger partial charge in [-0.1, -0.05) is 39.0 Å². The molecule has 2 fully saturated rings. The molecule has 1 aliphatic heterocycles. The van der Waals surface area contributed by atoms with E-state index in [1.807, 2.05) is 7.05 Å². The highest BCUT2D eigenvalue weighted by Crippen LogP contribution is 2.35. The van der Waals surface area contributed by atoms with Crippen LogP contribution >= 0.6 is 12.6 Å². The Balaban J connectivity index is 2.16. The van der Waals surface area contributed by atoms with Crippen molar-refractivity contribution in [2.45, 2.75) is 55.9 Å². The van der Waals surface area contributed by atoms with Crippen LogP contribution in [0.3, 0.4) is 0 Å². The second-order valence-electron chi connectivity index (χ2n) is 7.28. The van der Waals surface area contributed by atoms with Crippen molar-refractivity contribution in [3.8, 4) is 0 Å². The second kappa shape index (κ2) is 8.86. The quantitative estimate of drug-likeness (QED) is 0.508. The molecule has 24 heavy (non-hydrogen) atoms. The van der Waals surface area contributed by atoms with Crippen molar-refractivity contribution >= 4 is 12.6 Å². The number of rotatable bonds is 8. The van der Waals surface area contributed by atoms with Gasteiger partial charge in [-0.25, -0.2) is 0 Å². The Morgan fingerprint density at radius 3 is 2.50 bits per heavy atom. The molecule has 0 spiro atoms. The van der Waals surface area contributed by atoms with E-state index in [9.17, 15) is 0 Å². The van der Waals surface area contributed by atoms with Crippen LogP contribution < -0.4 is 16.4 Å². The summed E-state index contributed by atoms with van der Waals surface area (Å²) in [7, 11) is 1.94. The monoisotopic (exact) mass is 350 g/mol. The Morgan fingerprint density at radius 1 is 1.25 bits per heavy atom. The van der Waals surface area contributed by atoms with Crippen molar-refractivity contribution in [1.82, 2.24) is 15.5 Å². The summed E-state index contributed by atoms with van der Waals surface area (Å²) in [5.74, 6) is 0.602. The summed E-state index contributed by atoms with van der Waals surface area (Å²) in [4.78, 5) is 2.32. The first-order valence-corrected chi connectivity index (χ1v) is 9.62. The lowest BCUT2D eigenvalue weighted by molar-refractivity contribution is 0.244. The van der Waals surface area contributed by atoms with Gasteiger partial charge in [0.2, 0.25) is 0 Å². The summed E-state index contributed by atoms with van der Waals surface area (Å²) in [5, 5.41) is 7.13. The molecule has 1 saturated carbocycles. The summed E-state index contributed by atoms with van der Waals surface area (Å²) in [5.41, 5.74) is 8.90. The van der Waals surface area contributed by atoms with E-state index in [0.717, 1.165) is 30.9 Å². The number of thiol groups is 1. The molecule has 4 N–H and O–H groups in total. The van der Waals surface area contributed by atoms with Crippen molar-refractivity contribution in [3.05, 3.63) is 36.8 Å². The molecule has 0 aromatic heterocycles. The normalized spacial score (nSPS) is 26.2. The first-order chi connectivity index (χ1) is 11.4. The van der Waals surface area contributed by atoms with Gasteiger partial charge in [0.25, 0.3) is 0 Å².